The molecule has 0 spiro atoms. The zero-order valence-corrected chi connectivity index (χ0v) is 15.7. The summed E-state index contributed by atoms with van der Waals surface area (Å²) in [5, 5.41) is 11.7. The summed E-state index contributed by atoms with van der Waals surface area (Å²) >= 11 is 6.15. The number of thiol groups is 1. The van der Waals surface area contributed by atoms with Crippen molar-refractivity contribution < 1.29 is 0 Å². The second kappa shape index (κ2) is 7.06. The largest absolute Gasteiger partial charge is 0.353 e. The molecule has 1 atom stereocenters. The molecule has 2 heterocycles. The van der Waals surface area contributed by atoms with Gasteiger partial charge < -0.3 is 4.98 Å². The van der Waals surface area contributed by atoms with Crippen LogP contribution in [0.3, 0.4) is 0 Å². The minimum Gasteiger partial charge on any atom is -0.353 e. The highest BCUT2D eigenvalue weighted by Crippen LogP contribution is 2.36. The molecule has 1 aliphatic heterocycles. The standard InChI is InChI=1S/C20H20ClN3S/c1-14-17-12-16(21)9-10-18(17)23-19(14)20-24-22-13-25(20)11-5-8-15-6-3-2-4-7-15/h2-4,6-7,9-10,12-13,23,25H,5,8,11H2,1H3. The third-order valence-electron chi connectivity index (χ3n) is 4.57. The van der Waals surface area contributed by atoms with Crippen LogP contribution in [0.1, 0.15) is 23.2 Å². The lowest BCUT2D eigenvalue weighted by Crippen LogP contribution is -2.05. The zero-order chi connectivity index (χ0) is 17.2. The van der Waals surface area contributed by atoms with Gasteiger partial charge in [0.25, 0.3) is 0 Å². The molecule has 0 radical (unpaired) electrons. The van der Waals surface area contributed by atoms with Crippen LogP contribution in [0.25, 0.3) is 10.9 Å². The van der Waals surface area contributed by atoms with Crippen molar-refractivity contribution in [3.05, 3.63) is 70.4 Å². The van der Waals surface area contributed by atoms with E-state index in [1.165, 1.54) is 11.1 Å². The number of aryl methyl sites for hydroxylation is 2. The van der Waals surface area contributed by atoms with Gasteiger partial charge in [-0.1, -0.05) is 41.9 Å². The van der Waals surface area contributed by atoms with Crippen LogP contribution in [0.4, 0.5) is 0 Å². The van der Waals surface area contributed by atoms with Gasteiger partial charge in [0.15, 0.2) is 0 Å². The van der Waals surface area contributed by atoms with Gasteiger partial charge in [-0.05, 0) is 54.8 Å². The predicted octanol–water partition coefficient (Wildman–Crippen LogP) is 5.47. The second-order valence-electron chi connectivity index (χ2n) is 6.25. The molecule has 1 aliphatic rings. The van der Waals surface area contributed by atoms with Crippen molar-refractivity contribution in [3.63, 3.8) is 0 Å². The maximum absolute atomic E-state index is 6.15. The summed E-state index contributed by atoms with van der Waals surface area (Å²) in [4.78, 5) is 3.52. The number of halogens is 1. The molecule has 128 valence electrons. The Labute approximate surface area is 155 Å². The fraction of sp³-hybridized carbons (Fsp3) is 0.200. The Bertz CT molecular complexity index is 960. The van der Waals surface area contributed by atoms with E-state index in [0.29, 0.717) is 0 Å². The first-order valence-corrected chi connectivity index (χ1v) is 10.4. The van der Waals surface area contributed by atoms with Crippen molar-refractivity contribution in [2.45, 2.75) is 19.8 Å². The van der Waals surface area contributed by atoms with E-state index in [1.807, 2.05) is 23.7 Å². The first-order valence-electron chi connectivity index (χ1n) is 8.42. The van der Waals surface area contributed by atoms with Crippen molar-refractivity contribution in [1.29, 1.82) is 0 Å². The highest BCUT2D eigenvalue weighted by molar-refractivity contribution is 8.40. The fourth-order valence-corrected chi connectivity index (χ4v) is 5.19. The summed E-state index contributed by atoms with van der Waals surface area (Å²) in [5.41, 5.74) is 6.85. The maximum Gasteiger partial charge on any atom is 0.128 e. The molecule has 0 fully saturated rings. The SMILES string of the molecule is Cc1c(C2=NN=C[SH]2CCCc2ccccc2)[nH]c2ccc(Cl)cc12. The Morgan fingerprint density at radius 1 is 1.12 bits per heavy atom. The number of H-pyrrole nitrogens is 1. The Morgan fingerprint density at radius 2 is 1.96 bits per heavy atom. The van der Waals surface area contributed by atoms with Gasteiger partial charge in [0, 0.05) is 15.9 Å². The number of nitrogens with one attached hydrogen (secondary N) is 1. The Balaban J connectivity index is 1.51. The summed E-state index contributed by atoms with van der Waals surface area (Å²) in [6.07, 6.45) is 2.24. The monoisotopic (exact) mass is 369 g/mol. The van der Waals surface area contributed by atoms with Crippen LogP contribution in [0.15, 0.2) is 58.7 Å². The third-order valence-corrected chi connectivity index (χ3v) is 6.84. The first kappa shape index (κ1) is 16.4. The predicted molar refractivity (Wildman–Crippen MR) is 112 cm³/mol. The number of aromatic nitrogens is 1. The molecule has 4 rings (SSSR count). The molecule has 3 aromatic rings. The van der Waals surface area contributed by atoms with Crippen LogP contribution >= 0.6 is 22.5 Å². The molecular formula is C20H20ClN3S. The molecule has 0 amide bonds. The van der Waals surface area contributed by atoms with Gasteiger partial charge in [-0.15, -0.1) is 5.10 Å². The molecule has 1 aromatic heterocycles. The quantitative estimate of drug-likeness (QED) is 0.560. The molecule has 3 nitrogen and oxygen atoms in total. The number of rotatable bonds is 5. The smallest absolute Gasteiger partial charge is 0.128 e. The number of benzene rings is 2. The minimum absolute atomic E-state index is 0.448. The lowest BCUT2D eigenvalue weighted by Gasteiger charge is -2.14. The summed E-state index contributed by atoms with van der Waals surface area (Å²) in [5.74, 6) is 1.11. The topological polar surface area (TPSA) is 40.5 Å². The molecule has 0 bridgehead atoms. The van der Waals surface area contributed by atoms with Crippen molar-refractivity contribution in [1.82, 2.24) is 4.98 Å². The molecule has 0 saturated carbocycles. The third kappa shape index (κ3) is 3.37. The average Bonchev–Trinajstić information content (AvgIpc) is 3.21. The molecular weight excluding hydrogens is 350 g/mol. The van der Waals surface area contributed by atoms with Crippen LogP contribution in [0.2, 0.25) is 5.02 Å². The molecule has 1 unspecified atom stereocenters. The zero-order valence-electron chi connectivity index (χ0n) is 14.0. The van der Waals surface area contributed by atoms with E-state index < -0.39 is 10.9 Å². The average molecular weight is 370 g/mol. The molecule has 1 N–H and O–H groups in total. The molecule has 25 heavy (non-hydrogen) atoms. The highest BCUT2D eigenvalue weighted by Gasteiger charge is 2.21. The molecule has 5 heteroatoms. The number of hydrogen-bond acceptors (Lipinski definition) is 2. The van der Waals surface area contributed by atoms with Crippen molar-refractivity contribution in [2.75, 3.05) is 5.75 Å². The van der Waals surface area contributed by atoms with Gasteiger partial charge in [-0.2, -0.15) is 16.0 Å². The lowest BCUT2D eigenvalue weighted by molar-refractivity contribution is 0.934. The normalized spacial score (nSPS) is 18.0. The summed E-state index contributed by atoms with van der Waals surface area (Å²) in [7, 11) is -0.448. The van der Waals surface area contributed by atoms with E-state index in [1.54, 1.807) is 0 Å². The van der Waals surface area contributed by atoms with Crippen LogP contribution in [-0.2, 0) is 6.42 Å². The van der Waals surface area contributed by atoms with Crippen LogP contribution in [-0.4, -0.2) is 21.3 Å². The number of hydrogen-bond donors (Lipinski definition) is 2. The molecule has 0 saturated heterocycles. The minimum atomic E-state index is -0.448. The Hall–Kier alpha value is -2.04. The van der Waals surface area contributed by atoms with Crippen LogP contribution in [0.5, 0.6) is 0 Å². The van der Waals surface area contributed by atoms with E-state index >= 15 is 0 Å². The number of nitrogens with zero attached hydrogens (tertiary/aromatic N) is 2. The van der Waals surface area contributed by atoms with Gasteiger partial charge in [0.1, 0.15) is 5.04 Å². The molecule has 0 aliphatic carbocycles. The Morgan fingerprint density at radius 3 is 2.80 bits per heavy atom. The summed E-state index contributed by atoms with van der Waals surface area (Å²) in [6, 6.07) is 16.6. The highest BCUT2D eigenvalue weighted by atomic mass is 35.5. The van der Waals surface area contributed by atoms with E-state index in [0.717, 1.165) is 45.3 Å². The van der Waals surface area contributed by atoms with E-state index in [2.05, 4.69) is 52.4 Å². The van der Waals surface area contributed by atoms with Gasteiger partial charge in [0.2, 0.25) is 0 Å². The maximum atomic E-state index is 6.15. The molecule has 2 aromatic carbocycles. The van der Waals surface area contributed by atoms with Crippen molar-refractivity contribution >= 4 is 44.0 Å². The lowest BCUT2D eigenvalue weighted by atomic mass is 10.1. The van der Waals surface area contributed by atoms with Crippen LogP contribution < -0.4 is 0 Å². The Kier molecular flexibility index (Phi) is 4.64. The van der Waals surface area contributed by atoms with Gasteiger partial charge in [0.05, 0.1) is 11.2 Å². The van der Waals surface area contributed by atoms with Crippen LogP contribution in [0, 0.1) is 6.92 Å². The van der Waals surface area contributed by atoms with Gasteiger partial charge >= 0.3 is 0 Å². The summed E-state index contributed by atoms with van der Waals surface area (Å²) in [6.45, 7) is 2.13. The fourth-order valence-electron chi connectivity index (χ4n) is 3.23. The van der Waals surface area contributed by atoms with E-state index in [4.69, 9.17) is 11.6 Å². The number of aromatic amines is 1. The second-order valence-corrected chi connectivity index (χ2v) is 8.73. The van der Waals surface area contributed by atoms with E-state index in [-0.39, 0.29) is 0 Å². The van der Waals surface area contributed by atoms with E-state index in [9.17, 15) is 0 Å². The summed E-state index contributed by atoms with van der Waals surface area (Å²) < 4.78 is 0. The van der Waals surface area contributed by atoms with Gasteiger partial charge in [-0.25, -0.2) is 0 Å². The number of fused-ring (bicyclic) bond motifs is 1. The van der Waals surface area contributed by atoms with Gasteiger partial charge in [-0.3, -0.25) is 0 Å². The van der Waals surface area contributed by atoms with Crippen molar-refractivity contribution in [3.8, 4) is 0 Å². The van der Waals surface area contributed by atoms with Crippen molar-refractivity contribution in [2.24, 2.45) is 10.2 Å². The first-order chi connectivity index (χ1) is 12.2.